The van der Waals surface area contributed by atoms with E-state index in [1.807, 2.05) is 38.5 Å². The molecule has 3 aromatic rings. The molecule has 3 heterocycles. The number of pyridine rings is 1. The van der Waals surface area contributed by atoms with Crippen molar-refractivity contribution < 1.29 is 8.42 Å². The van der Waals surface area contributed by atoms with Gasteiger partial charge in [0.05, 0.1) is 22.3 Å². The Morgan fingerprint density at radius 1 is 1.26 bits per heavy atom. The minimum atomic E-state index is -3.64. The van der Waals surface area contributed by atoms with Crippen molar-refractivity contribution in [2.45, 2.75) is 30.7 Å². The smallest absolute Gasteiger partial charge is 0.241 e. The standard InChI is InChI=1S/C19H23N5O2S/c1-14-7-8-18(17-6-3-9-20-19(14)17)27(25,26)22-15-5-4-10-24(12-15)16-11-21-23(2)13-16/h3,6-9,11,13,15,22H,4-5,10,12H2,1-2H3. The Balaban J connectivity index is 1.59. The van der Waals surface area contributed by atoms with Crippen LogP contribution in [0.4, 0.5) is 5.69 Å². The molecule has 4 rings (SSSR count). The van der Waals surface area contributed by atoms with Crippen molar-refractivity contribution >= 4 is 26.6 Å². The third-order valence-corrected chi connectivity index (χ3v) is 6.60. The third kappa shape index (κ3) is 3.54. The second kappa shape index (κ2) is 6.94. The molecule has 1 aliphatic heterocycles. The normalized spacial score (nSPS) is 18.1. The maximum absolute atomic E-state index is 13.1. The molecule has 1 fully saturated rings. The van der Waals surface area contributed by atoms with Crippen molar-refractivity contribution in [3.8, 4) is 0 Å². The summed E-state index contributed by atoms with van der Waals surface area (Å²) in [6.07, 6.45) is 7.20. The molecule has 142 valence electrons. The number of hydrogen-bond donors (Lipinski definition) is 1. The van der Waals surface area contributed by atoms with Crippen molar-refractivity contribution in [1.29, 1.82) is 0 Å². The highest BCUT2D eigenvalue weighted by atomic mass is 32.2. The van der Waals surface area contributed by atoms with Crippen LogP contribution in [0.2, 0.25) is 0 Å². The molecule has 1 unspecified atom stereocenters. The maximum Gasteiger partial charge on any atom is 0.241 e. The third-order valence-electron chi connectivity index (χ3n) is 5.02. The van der Waals surface area contributed by atoms with Gasteiger partial charge in [0.1, 0.15) is 0 Å². The summed E-state index contributed by atoms with van der Waals surface area (Å²) in [5.41, 5.74) is 2.71. The molecule has 1 aromatic carbocycles. The van der Waals surface area contributed by atoms with Crippen molar-refractivity contribution in [1.82, 2.24) is 19.5 Å². The van der Waals surface area contributed by atoms with Crippen LogP contribution in [0.15, 0.2) is 47.8 Å². The number of anilines is 1. The Morgan fingerprint density at radius 3 is 2.89 bits per heavy atom. The molecule has 0 aliphatic carbocycles. The average Bonchev–Trinajstić information content (AvgIpc) is 3.08. The largest absolute Gasteiger partial charge is 0.367 e. The zero-order chi connectivity index (χ0) is 19.0. The first kappa shape index (κ1) is 17.9. The second-order valence-electron chi connectivity index (χ2n) is 7.06. The number of rotatable bonds is 4. The molecular formula is C19H23N5O2S. The number of hydrogen-bond acceptors (Lipinski definition) is 5. The van der Waals surface area contributed by atoms with E-state index in [2.05, 4.69) is 19.7 Å². The van der Waals surface area contributed by atoms with Crippen molar-refractivity contribution in [3.05, 3.63) is 48.4 Å². The highest BCUT2D eigenvalue weighted by Gasteiger charge is 2.27. The fraction of sp³-hybridized carbons (Fsp3) is 0.368. The SMILES string of the molecule is Cc1ccc(S(=O)(=O)NC2CCCN(c3cnn(C)c3)C2)c2cccnc12. The number of benzene rings is 1. The molecule has 0 spiro atoms. The molecule has 27 heavy (non-hydrogen) atoms. The van der Waals surface area contributed by atoms with Gasteiger partial charge in [-0.3, -0.25) is 9.67 Å². The van der Waals surface area contributed by atoms with Crippen LogP contribution in [0.5, 0.6) is 0 Å². The summed E-state index contributed by atoms with van der Waals surface area (Å²) in [5.74, 6) is 0. The van der Waals surface area contributed by atoms with Gasteiger partial charge in [-0.15, -0.1) is 0 Å². The molecule has 1 aliphatic rings. The van der Waals surface area contributed by atoms with Crippen LogP contribution in [0, 0.1) is 6.92 Å². The van der Waals surface area contributed by atoms with Crippen LogP contribution in [0.25, 0.3) is 10.9 Å². The number of sulfonamides is 1. The molecule has 1 atom stereocenters. The summed E-state index contributed by atoms with van der Waals surface area (Å²) in [7, 11) is -1.76. The quantitative estimate of drug-likeness (QED) is 0.745. The molecule has 0 saturated carbocycles. The summed E-state index contributed by atoms with van der Waals surface area (Å²) in [6.45, 7) is 3.47. The summed E-state index contributed by atoms with van der Waals surface area (Å²) >= 11 is 0. The van der Waals surface area contributed by atoms with Gasteiger partial charge in [-0.2, -0.15) is 5.10 Å². The van der Waals surface area contributed by atoms with Crippen LogP contribution in [-0.4, -0.2) is 42.3 Å². The molecule has 0 amide bonds. The lowest BCUT2D eigenvalue weighted by Crippen LogP contribution is -2.47. The minimum Gasteiger partial charge on any atom is -0.367 e. The van der Waals surface area contributed by atoms with Crippen molar-refractivity contribution in [2.24, 2.45) is 7.05 Å². The van der Waals surface area contributed by atoms with Gasteiger partial charge < -0.3 is 4.90 Å². The van der Waals surface area contributed by atoms with Crippen LogP contribution in [0.1, 0.15) is 18.4 Å². The van der Waals surface area contributed by atoms with Gasteiger partial charge in [0.15, 0.2) is 0 Å². The molecular weight excluding hydrogens is 362 g/mol. The van der Waals surface area contributed by atoms with Gasteiger partial charge in [0.2, 0.25) is 10.0 Å². The van der Waals surface area contributed by atoms with E-state index in [-0.39, 0.29) is 10.9 Å². The Hall–Kier alpha value is -2.45. The highest BCUT2D eigenvalue weighted by molar-refractivity contribution is 7.89. The molecule has 1 N–H and O–H groups in total. The highest BCUT2D eigenvalue weighted by Crippen LogP contribution is 2.25. The lowest BCUT2D eigenvalue weighted by molar-refractivity contribution is 0.466. The first-order chi connectivity index (χ1) is 12.9. The van der Waals surface area contributed by atoms with E-state index >= 15 is 0 Å². The summed E-state index contributed by atoms with van der Waals surface area (Å²) in [5, 5.41) is 4.87. The predicted molar refractivity (Wildman–Crippen MR) is 105 cm³/mol. The number of nitrogens with one attached hydrogen (secondary N) is 1. The fourth-order valence-corrected chi connectivity index (χ4v) is 5.14. The summed E-state index contributed by atoms with van der Waals surface area (Å²) in [4.78, 5) is 6.81. The lowest BCUT2D eigenvalue weighted by atomic mass is 10.1. The van der Waals surface area contributed by atoms with Crippen molar-refractivity contribution in [3.63, 3.8) is 0 Å². The first-order valence-electron chi connectivity index (χ1n) is 9.04. The van der Waals surface area contributed by atoms with E-state index in [1.54, 1.807) is 23.0 Å². The number of fused-ring (bicyclic) bond motifs is 1. The van der Waals surface area contributed by atoms with Gasteiger partial charge in [-0.1, -0.05) is 6.07 Å². The Bertz CT molecular complexity index is 1080. The Kier molecular flexibility index (Phi) is 4.61. The molecule has 0 bridgehead atoms. The zero-order valence-corrected chi connectivity index (χ0v) is 16.3. The topological polar surface area (TPSA) is 80.1 Å². The van der Waals surface area contributed by atoms with Crippen LogP contribution in [0.3, 0.4) is 0 Å². The molecule has 1 saturated heterocycles. The van der Waals surface area contributed by atoms with Gasteiger partial charge in [-0.05, 0) is 43.5 Å². The lowest BCUT2D eigenvalue weighted by Gasteiger charge is -2.33. The fourth-order valence-electron chi connectivity index (χ4n) is 3.68. The summed E-state index contributed by atoms with van der Waals surface area (Å²) in [6, 6.07) is 6.92. The van der Waals surface area contributed by atoms with Gasteiger partial charge in [-0.25, -0.2) is 13.1 Å². The van der Waals surface area contributed by atoms with Gasteiger partial charge in [0, 0.05) is 44.0 Å². The molecule has 8 heteroatoms. The van der Waals surface area contributed by atoms with Crippen LogP contribution in [-0.2, 0) is 17.1 Å². The number of aryl methyl sites for hydroxylation is 2. The summed E-state index contributed by atoms with van der Waals surface area (Å²) < 4.78 is 30.9. The second-order valence-corrected chi connectivity index (χ2v) is 8.74. The van der Waals surface area contributed by atoms with E-state index in [4.69, 9.17) is 0 Å². The van der Waals surface area contributed by atoms with Gasteiger partial charge in [0.25, 0.3) is 0 Å². The molecule has 2 aromatic heterocycles. The van der Waals surface area contributed by atoms with Crippen LogP contribution < -0.4 is 9.62 Å². The van der Waals surface area contributed by atoms with E-state index in [9.17, 15) is 8.42 Å². The van der Waals surface area contributed by atoms with E-state index in [0.717, 1.165) is 36.2 Å². The van der Waals surface area contributed by atoms with Crippen LogP contribution >= 0.6 is 0 Å². The monoisotopic (exact) mass is 385 g/mol. The number of piperidine rings is 1. The average molecular weight is 385 g/mol. The Morgan fingerprint density at radius 2 is 2.11 bits per heavy atom. The minimum absolute atomic E-state index is 0.142. The number of nitrogens with zero attached hydrogens (tertiary/aromatic N) is 4. The van der Waals surface area contributed by atoms with E-state index in [1.165, 1.54) is 0 Å². The molecule has 0 radical (unpaired) electrons. The number of aromatic nitrogens is 3. The zero-order valence-electron chi connectivity index (χ0n) is 15.5. The van der Waals surface area contributed by atoms with E-state index in [0.29, 0.717) is 11.9 Å². The maximum atomic E-state index is 13.1. The first-order valence-corrected chi connectivity index (χ1v) is 10.5. The van der Waals surface area contributed by atoms with E-state index < -0.39 is 10.0 Å². The predicted octanol–water partition coefficient (Wildman–Crippen LogP) is 2.22. The Labute approximate surface area is 159 Å². The van der Waals surface area contributed by atoms with Crippen molar-refractivity contribution in [2.75, 3.05) is 18.0 Å². The van der Waals surface area contributed by atoms with Gasteiger partial charge >= 0.3 is 0 Å². The molecule has 7 nitrogen and oxygen atoms in total.